The third kappa shape index (κ3) is 2.81. The standard InChI is InChI=1S/C19H13N3O3/c23-18(13-7-11-3-1-2-4-15(11)20-10-13)21-14-5-6-16-12(8-14)9-17(22-16)19(24)25/h1-10,22H,(H,21,23)(H,24,25). The molecule has 0 saturated carbocycles. The summed E-state index contributed by atoms with van der Waals surface area (Å²) in [5.41, 5.74) is 2.68. The highest BCUT2D eigenvalue weighted by Crippen LogP contribution is 2.21. The Labute approximate surface area is 142 Å². The fourth-order valence-corrected chi connectivity index (χ4v) is 2.72. The Hall–Kier alpha value is -3.67. The number of carbonyl (C=O) groups is 2. The van der Waals surface area contributed by atoms with E-state index in [1.165, 1.54) is 12.3 Å². The number of para-hydroxylation sites is 1. The molecule has 2 heterocycles. The maximum Gasteiger partial charge on any atom is 0.352 e. The van der Waals surface area contributed by atoms with Gasteiger partial charge in [-0.3, -0.25) is 9.78 Å². The van der Waals surface area contributed by atoms with Crippen molar-refractivity contribution in [3.8, 4) is 0 Å². The number of carboxylic acids is 1. The molecule has 0 spiro atoms. The number of carbonyl (C=O) groups excluding carboxylic acids is 1. The molecule has 0 aliphatic heterocycles. The maximum absolute atomic E-state index is 12.5. The van der Waals surface area contributed by atoms with Crippen LogP contribution in [0.2, 0.25) is 0 Å². The number of aromatic carboxylic acids is 1. The van der Waals surface area contributed by atoms with Crippen LogP contribution in [0.4, 0.5) is 5.69 Å². The molecule has 1 amide bonds. The van der Waals surface area contributed by atoms with Crippen molar-refractivity contribution >= 4 is 39.4 Å². The summed E-state index contributed by atoms with van der Waals surface area (Å²) in [5.74, 6) is -1.30. The number of anilines is 1. The Balaban J connectivity index is 1.62. The third-order valence-corrected chi connectivity index (χ3v) is 3.96. The lowest BCUT2D eigenvalue weighted by atomic mass is 10.1. The van der Waals surface area contributed by atoms with Crippen LogP contribution in [0.5, 0.6) is 0 Å². The zero-order chi connectivity index (χ0) is 17.4. The van der Waals surface area contributed by atoms with Gasteiger partial charge in [-0.1, -0.05) is 18.2 Å². The highest BCUT2D eigenvalue weighted by atomic mass is 16.4. The van der Waals surface area contributed by atoms with Gasteiger partial charge in [-0.25, -0.2) is 4.79 Å². The van der Waals surface area contributed by atoms with Gasteiger partial charge in [0.05, 0.1) is 11.1 Å². The smallest absolute Gasteiger partial charge is 0.352 e. The van der Waals surface area contributed by atoms with Crippen LogP contribution in [0.1, 0.15) is 20.8 Å². The summed E-state index contributed by atoms with van der Waals surface area (Å²) < 4.78 is 0. The molecular weight excluding hydrogens is 318 g/mol. The quantitative estimate of drug-likeness (QED) is 0.534. The normalized spacial score (nSPS) is 10.9. The first-order chi connectivity index (χ1) is 12.1. The number of carboxylic acid groups (broad SMARTS) is 1. The summed E-state index contributed by atoms with van der Waals surface area (Å²) in [6.07, 6.45) is 1.54. The SMILES string of the molecule is O=C(Nc1ccc2[nH]c(C(=O)O)cc2c1)c1cnc2ccccc2c1. The Morgan fingerprint density at radius 1 is 1.00 bits per heavy atom. The van der Waals surface area contributed by atoms with E-state index in [-0.39, 0.29) is 11.6 Å². The molecule has 0 fully saturated rings. The van der Waals surface area contributed by atoms with Crippen molar-refractivity contribution in [2.45, 2.75) is 0 Å². The number of H-pyrrole nitrogens is 1. The Bertz CT molecular complexity index is 1130. The van der Waals surface area contributed by atoms with Gasteiger partial charge in [-0.05, 0) is 36.4 Å². The summed E-state index contributed by atoms with van der Waals surface area (Å²) in [7, 11) is 0. The molecule has 6 heteroatoms. The number of hydrogen-bond acceptors (Lipinski definition) is 3. The zero-order valence-corrected chi connectivity index (χ0v) is 13.0. The molecule has 0 saturated heterocycles. The van der Waals surface area contributed by atoms with Gasteiger partial charge in [0.1, 0.15) is 5.69 Å². The van der Waals surface area contributed by atoms with Crippen molar-refractivity contribution < 1.29 is 14.7 Å². The first-order valence-electron chi connectivity index (χ1n) is 7.62. The third-order valence-electron chi connectivity index (χ3n) is 3.96. The molecule has 4 aromatic rings. The van der Waals surface area contributed by atoms with Gasteiger partial charge in [0.25, 0.3) is 5.91 Å². The van der Waals surface area contributed by atoms with Crippen LogP contribution in [0.15, 0.2) is 60.8 Å². The van der Waals surface area contributed by atoms with E-state index < -0.39 is 5.97 Å². The van der Waals surface area contributed by atoms with Crippen LogP contribution in [0, 0.1) is 0 Å². The topological polar surface area (TPSA) is 95.1 Å². The molecule has 0 aliphatic carbocycles. The minimum absolute atomic E-state index is 0.109. The van der Waals surface area contributed by atoms with Gasteiger partial charge >= 0.3 is 5.97 Å². The number of hydrogen-bond donors (Lipinski definition) is 3. The fraction of sp³-hybridized carbons (Fsp3) is 0. The Morgan fingerprint density at radius 3 is 2.68 bits per heavy atom. The minimum atomic E-state index is -1.02. The van der Waals surface area contributed by atoms with Crippen LogP contribution >= 0.6 is 0 Å². The van der Waals surface area contributed by atoms with E-state index in [2.05, 4.69) is 15.3 Å². The molecule has 25 heavy (non-hydrogen) atoms. The van der Waals surface area contributed by atoms with Crippen LogP contribution in [-0.4, -0.2) is 27.0 Å². The molecular formula is C19H13N3O3. The molecule has 0 aliphatic rings. The van der Waals surface area contributed by atoms with Crippen molar-refractivity contribution in [2.24, 2.45) is 0 Å². The monoisotopic (exact) mass is 331 g/mol. The minimum Gasteiger partial charge on any atom is -0.477 e. The Kier molecular flexibility index (Phi) is 3.43. The highest BCUT2D eigenvalue weighted by molar-refractivity contribution is 6.06. The lowest BCUT2D eigenvalue weighted by molar-refractivity contribution is 0.0691. The van der Waals surface area contributed by atoms with Crippen LogP contribution in [0.25, 0.3) is 21.8 Å². The lowest BCUT2D eigenvalue weighted by Crippen LogP contribution is -2.12. The predicted octanol–water partition coefficient (Wildman–Crippen LogP) is 3.67. The van der Waals surface area contributed by atoms with Crippen LogP contribution < -0.4 is 5.32 Å². The number of nitrogens with zero attached hydrogens (tertiary/aromatic N) is 1. The number of nitrogens with one attached hydrogen (secondary N) is 2. The zero-order valence-electron chi connectivity index (χ0n) is 13.0. The molecule has 2 aromatic heterocycles. The van der Waals surface area contributed by atoms with Crippen molar-refractivity contribution in [3.05, 3.63) is 72.1 Å². The Morgan fingerprint density at radius 2 is 1.84 bits per heavy atom. The molecule has 2 aromatic carbocycles. The van der Waals surface area contributed by atoms with Gasteiger partial charge in [0.15, 0.2) is 0 Å². The second-order valence-electron chi connectivity index (χ2n) is 5.66. The second kappa shape index (κ2) is 5.76. The highest BCUT2D eigenvalue weighted by Gasteiger charge is 2.10. The molecule has 122 valence electrons. The number of pyridine rings is 1. The molecule has 6 nitrogen and oxygen atoms in total. The van der Waals surface area contributed by atoms with E-state index in [4.69, 9.17) is 5.11 Å². The summed E-state index contributed by atoms with van der Waals surface area (Å²) in [6, 6.07) is 16.1. The number of amides is 1. The van der Waals surface area contributed by atoms with Gasteiger partial charge in [0.2, 0.25) is 0 Å². The molecule has 0 unspecified atom stereocenters. The van der Waals surface area contributed by atoms with Crippen LogP contribution in [0.3, 0.4) is 0 Å². The van der Waals surface area contributed by atoms with E-state index in [0.717, 1.165) is 10.9 Å². The van der Waals surface area contributed by atoms with E-state index in [1.54, 1.807) is 24.3 Å². The number of aromatic amines is 1. The van der Waals surface area contributed by atoms with Gasteiger partial charge in [-0.2, -0.15) is 0 Å². The van der Waals surface area contributed by atoms with Crippen molar-refractivity contribution in [1.82, 2.24) is 9.97 Å². The summed E-state index contributed by atoms with van der Waals surface area (Å²) >= 11 is 0. The van der Waals surface area contributed by atoms with Crippen molar-refractivity contribution in [2.75, 3.05) is 5.32 Å². The first kappa shape index (κ1) is 14.9. The van der Waals surface area contributed by atoms with Gasteiger partial charge in [0, 0.05) is 28.2 Å². The number of aromatic nitrogens is 2. The van der Waals surface area contributed by atoms with Gasteiger partial charge < -0.3 is 15.4 Å². The summed E-state index contributed by atoms with van der Waals surface area (Å²) in [6.45, 7) is 0. The van der Waals surface area contributed by atoms with Crippen molar-refractivity contribution in [1.29, 1.82) is 0 Å². The van der Waals surface area contributed by atoms with E-state index >= 15 is 0 Å². The molecule has 0 radical (unpaired) electrons. The number of rotatable bonds is 3. The maximum atomic E-state index is 12.5. The van der Waals surface area contributed by atoms with E-state index in [9.17, 15) is 9.59 Å². The number of fused-ring (bicyclic) bond motifs is 2. The van der Waals surface area contributed by atoms with Gasteiger partial charge in [-0.15, -0.1) is 0 Å². The first-order valence-corrected chi connectivity index (χ1v) is 7.62. The van der Waals surface area contributed by atoms with Crippen molar-refractivity contribution in [3.63, 3.8) is 0 Å². The largest absolute Gasteiger partial charge is 0.477 e. The summed E-state index contributed by atoms with van der Waals surface area (Å²) in [5, 5.41) is 13.4. The van der Waals surface area contributed by atoms with E-state index in [1.807, 2.05) is 24.3 Å². The number of benzene rings is 2. The fourth-order valence-electron chi connectivity index (χ4n) is 2.72. The average Bonchev–Trinajstić information content (AvgIpc) is 3.05. The van der Waals surface area contributed by atoms with Crippen LogP contribution in [-0.2, 0) is 0 Å². The molecule has 0 bridgehead atoms. The molecule has 4 rings (SSSR count). The summed E-state index contributed by atoms with van der Waals surface area (Å²) in [4.78, 5) is 30.6. The molecule has 3 N–H and O–H groups in total. The predicted molar refractivity (Wildman–Crippen MR) is 95.0 cm³/mol. The van der Waals surface area contributed by atoms with E-state index in [0.29, 0.717) is 22.2 Å². The average molecular weight is 331 g/mol. The molecule has 0 atom stereocenters. The lowest BCUT2D eigenvalue weighted by Gasteiger charge is -2.06. The second-order valence-corrected chi connectivity index (χ2v) is 5.66.